The highest BCUT2D eigenvalue weighted by atomic mass is 19.3. The molecule has 1 saturated carbocycles. The van der Waals surface area contributed by atoms with Crippen molar-refractivity contribution in [2.24, 2.45) is 11.8 Å². The van der Waals surface area contributed by atoms with E-state index in [0.717, 1.165) is 5.56 Å². The summed E-state index contributed by atoms with van der Waals surface area (Å²) in [6.07, 6.45) is 3.09. The second-order valence-corrected chi connectivity index (χ2v) is 11.6. The van der Waals surface area contributed by atoms with Crippen molar-refractivity contribution in [2.45, 2.75) is 70.4 Å². The summed E-state index contributed by atoms with van der Waals surface area (Å²) in [5.74, 6) is -1.13. The maximum Gasteiger partial charge on any atom is 0.331 e. The summed E-state index contributed by atoms with van der Waals surface area (Å²) in [5, 5.41) is 17.0. The van der Waals surface area contributed by atoms with Crippen molar-refractivity contribution in [3.8, 4) is 11.3 Å². The summed E-state index contributed by atoms with van der Waals surface area (Å²) in [5.41, 5.74) is 1.30. The fourth-order valence-electron chi connectivity index (χ4n) is 5.76. The smallest absolute Gasteiger partial charge is 0.331 e. The first-order chi connectivity index (χ1) is 21.5. The molecule has 11 nitrogen and oxygen atoms in total. The Labute approximate surface area is 258 Å². The molecule has 5 rings (SSSR count). The van der Waals surface area contributed by atoms with E-state index < -0.39 is 36.8 Å². The van der Waals surface area contributed by atoms with Crippen LogP contribution in [0, 0.1) is 18.8 Å². The number of nitrogens with one attached hydrogen (secondary N) is 2. The van der Waals surface area contributed by atoms with E-state index in [4.69, 9.17) is 9.47 Å². The monoisotopic (exact) mass is 623 g/mol. The standard InChI is InChI=1S/C32H35F2N5O6/c1-18-13-24(37-27(14-18)39-26-15-20(29(33)34)11-12-35-26)21-5-9-25(36-16-21)32(2,43)22-6-3-19(4-7-22)30(41)44-17-45-31(42)23-8-10-28(40)38-23/h5,9,11-16,19,22-23,29,43H,3-4,6-8,10,17H2,1-2H3,(H,38,40)(H,35,37,39)/t19?,22?,23-,32-/m1/s1. The Hall–Kier alpha value is -4.52. The molecule has 0 radical (unpaired) electrons. The highest BCUT2D eigenvalue weighted by molar-refractivity contribution is 5.88. The highest BCUT2D eigenvalue weighted by Crippen LogP contribution is 2.41. The zero-order valence-electron chi connectivity index (χ0n) is 25.0. The van der Waals surface area contributed by atoms with Crippen molar-refractivity contribution in [1.82, 2.24) is 20.3 Å². The molecular formula is C32H35F2N5O6. The van der Waals surface area contributed by atoms with Crippen LogP contribution in [0.2, 0.25) is 0 Å². The number of halogens is 2. The molecule has 2 fully saturated rings. The van der Waals surface area contributed by atoms with Crippen LogP contribution in [0.15, 0.2) is 48.8 Å². The summed E-state index contributed by atoms with van der Waals surface area (Å²) in [7, 11) is 0. The number of hydrogen-bond acceptors (Lipinski definition) is 10. The lowest BCUT2D eigenvalue weighted by Gasteiger charge is -2.37. The van der Waals surface area contributed by atoms with Crippen LogP contribution < -0.4 is 10.6 Å². The van der Waals surface area contributed by atoms with Gasteiger partial charge in [0.15, 0.2) is 0 Å². The van der Waals surface area contributed by atoms with E-state index in [1.165, 1.54) is 18.3 Å². The lowest BCUT2D eigenvalue weighted by Crippen LogP contribution is -2.37. The van der Waals surface area contributed by atoms with Gasteiger partial charge in [-0.15, -0.1) is 0 Å². The van der Waals surface area contributed by atoms with Gasteiger partial charge in [0, 0.05) is 29.9 Å². The summed E-state index contributed by atoms with van der Waals surface area (Å²) in [4.78, 5) is 49.0. The van der Waals surface area contributed by atoms with Gasteiger partial charge in [0.1, 0.15) is 23.3 Å². The van der Waals surface area contributed by atoms with Gasteiger partial charge in [0.2, 0.25) is 12.7 Å². The first kappa shape index (κ1) is 31.9. The zero-order valence-corrected chi connectivity index (χ0v) is 25.0. The molecule has 0 aromatic carbocycles. The van der Waals surface area contributed by atoms with Crippen LogP contribution in [0.1, 0.15) is 68.7 Å². The Morgan fingerprint density at radius 2 is 1.80 bits per heavy atom. The van der Waals surface area contributed by atoms with Crippen molar-refractivity contribution >= 4 is 29.5 Å². The number of alkyl halides is 2. The summed E-state index contributed by atoms with van der Waals surface area (Å²) in [6, 6.07) is 9.05. The third-order valence-corrected chi connectivity index (χ3v) is 8.38. The average Bonchev–Trinajstić information content (AvgIpc) is 3.47. The van der Waals surface area contributed by atoms with E-state index in [9.17, 15) is 28.3 Å². The van der Waals surface area contributed by atoms with Gasteiger partial charge in [-0.1, -0.05) is 0 Å². The van der Waals surface area contributed by atoms with Crippen molar-refractivity contribution in [1.29, 1.82) is 0 Å². The molecule has 1 amide bonds. The van der Waals surface area contributed by atoms with Crippen LogP contribution in [-0.2, 0) is 29.5 Å². The Morgan fingerprint density at radius 1 is 1.04 bits per heavy atom. The Morgan fingerprint density at radius 3 is 2.47 bits per heavy atom. The molecule has 0 bridgehead atoms. The van der Waals surface area contributed by atoms with E-state index in [0.29, 0.717) is 54.9 Å². The van der Waals surface area contributed by atoms with Crippen molar-refractivity contribution in [3.05, 3.63) is 65.6 Å². The first-order valence-electron chi connectivity index (χ1n) is 14.8. The molecule has 1 saturated heterocycles. The number of ether oxygens (including phenoxy) is 2. The number of nitrogens with zero attached hydrogens (tertiary/aromatic N) is 3. The number of hydrogen-bond donors (Lipinski definition) is 3. The van der Waals surface area contributed by atoms with Gasteiger partial charge >= 0.3 is 11.9 Å². The highest BCUT2D eigenvalue weighted by Gasteiger charge is 2.39. The number of anilines is 2. The predicted octanol–water partition coefficient (Wildman–Crippen LogP) is 4.86. The number of aliphatic hydroxyl groups is 1. The van der Waals surface area contributed by atoms with E-state index in [-0.39, 0.29) is 35.5 Å². The van der Waals surface area contributed by atoms with Gasteiger partial charge in [-0.05, 0) is 93.8 Å². The van der Waals surface area contributed by atoms with E-state index in [2.05, 4.69) is 25.6 Å². The lowest BCUT2D eigenvalue weighted by atomic mass is 9.73. The van der Waals surface area contributed by atoms with E-state index in [1.54, 1.807) is 25.3 Å². The minimum absolute atomic E-state index is 0.142. The largest absolute Gasteiger partial charge is 0.428 e. The van der Waals surface area contributed by atoms with Crippen LogP contribution in [-0.4, -0.2) is 50.7 Å². The van der Waals surface area contributed by atoms with Gasteiger partial charge in [0.25, 0.3) is 6.43 Å². The second-order valence-electron chi connectivity index (χ2n) is 11.6. The lowest BCUT2D eigenvalue weighted by molar-refractivity contribution is -0.172. The average molecular weight is 624 g/mol. The van der Waals surface area contributed by atoms with E-state index in [1.807, 2.05) is 19.1 Å². The maximum absolute atomic E-state index is 13.1. The van der Waals surface area contributed by atoms with Gasteiger partial charge in [-0.2, -0.15) is 0 Å². The number of pyridine rings is 3. The number of carbonyl (C=O) groups is 3. The molecule has 3 N–H and O–H groups in total. The molecule has 3 aromatic rings. The molecule has 45 heavy (non-hydrogen) atoms. The van der Waals surface area contributed by atoms with Gasteiger partial charge in [0.05, 0.1) is 17.3 Å². The number of aryl methyl sites for hydroxylation is 1. The molecule has 13 heteroatoms. The Kier molecular flexibility index (Phi) is 9.66. The number of esters is 2. The quantitative estimate of drug-likeness (QED) is 0.211. The molecule has 3 aromatic heterocycles. The first-order valence-corrected chi connectivity index (χ1v) is 14.8. The molecule has 4 heterocycles. The third kappa shape index (κ3) is 7.77. The summed E-state index contributed by atoms with van der Waals surface area (Å²) >= 11 is 0. The summed E-state index contributed by atoms with van der Waals surface area (Å²) in [6.45, 7) is 3.10. The molecule has 0 unspecified atom stereocenters. The van der Waals surface area contributed by atoms with Crippen LogP contribution >= 0.6 is 0 Å². The molecule has 2 aliphatic rings. The molecular weight excluding hydrogens is 588 g/mol. The molecule has 1 aliphatic carbocycles. The fraction of sp³-hybridized carbons (Fsp3) is 0.438. The van der Waals surface area contributed by atoms with Gasteiger partial charge in [-0.3, -0.25) is 14.6 Å². The molecule has 238 valence electrons. The normalized spacial score (nSPS) is 21.1. The maximum atomic E-state index is 13.1. The number of carbonyl (C=O) groups excluding carboxylic acids is 3. The number of aromatic nitrogens is 3. The molecule has 1 aliphatic heterocycles. The van der Waals surface area contributed by atoms with Crippen LogP contribution in [0.5, 0.6) is 0 Å². The molecule has 2 atom stereocenters. The SMILES string of the molecule is Cc1cc(Nc2cc(C(F)F)ccn2)nc(-c2ccc([C@](C)(O)C3CCC(C(=O)OCOC(=O)[C@H]4CCC(=O)N4)CC3)nc2)c1. The molecule has 0 spiro atoms. The minimum Gasteiger partial charge on any atom is -0.428 e. The van der Waals surface area contributed by atoms with Crippen LogP contribution in [0.25, 0.3) is 11.3 Å². The topological polar surface area (TPSA) is 153 Å². The van der Waals surface area contributed by atoms with Crippen molar-refractivity contribution < 1.29 is 37.7 Å². The van der Waals surface area contributed by atoms with Crippen LogP contribution in [0.4, 0.5) is 20.4 Å². The van der Waals surface area contributed by atoms with Crippen LogP contribution in [0.3, 0.4) is 0 Å². The Bertz CT molecular complexity index is 1540. The third-order valence-electron chi connectivity index (χ3n) is 8.38. The van der Waals surface area contributed by atoms with Crippen molar-refractivity contribution in [2.75, 3.05) is 12.1 Å². The van der Waals surface area contributed by atoms with E-state index >= 15 is 0 Å². The second kappa shape index (κ2) is 13.6. The summed E-state index contributed by atoms with van der Waals surface area (Å²) < 4.78 is 36.3. The number of amides is 1. The predicted molar refractivity (Wildman–Crippen MR) is 158 cm³/mol. The van der Waals surface area contributed by atoms with Crippen molar-refractivity contribution in [3.63, 3.8) is 0 Å². The number of rotatable bonds is 10. The fourth-order valence-corrected chi connectivity index (χ4v) is 5.76. The van der Waals surface area contributed by atoms with Gasteiger partial charge < -0.3 is 25.2 Å². The Balaban J connectivity index is 1.15. The van der Waals surface area contributed by atoms with Gasteiger partial charge in [-0.25, -0.2) is 23.5 Å². The zero-order chi connectivity index (χ0) is 32.1. The minimum atomic E-state index is -2.61.